The van der Waals surface area contributed by atoms with Gasteiger partial charge in [-0.25, -0.2) is 0 Å². The first-order chi connectivity index (χ1) is 5.95. The van der Waals surface area contributed by atoms with Crippen LogP contribution in [-0.4, -0.2) is 24.8 Å². The molecule has 0 amide bonds. The zero-order valence-corrected chi connectivity index (χ0v) is 7.63. The maximum absolute atomic E-state index is 4.46. The molecule has 12 heavy (non-hydrogen) atoms. The van der Waals surface area contributed by atoms with Crippen molar-refractivity contribution < 1.29 is 0 Å². The lowest BCUT2D eigenvalue weighted by Gasteiger charge is -2.24. The van der Waals surface area contributed by atoms with Crippen LogP contribution in [0, 0.1) is 0 Å². The van der Waals surface area contributed by atoms with E-state index in [1.807, 2.05) is 0 Å². The molecular weight excluding hydrogens is 148 g/mol. The fourth-order valence-electron chi connectivity index (χ4n) is 2.20. The fourth-order valence-corrected chi connectivity index (χ4v) is 2.20. The molecule has 2 aliphatic heterocycles. The molecule has 0 spiro atoms. The highest BCUT2D eigenvalue weighted by molar-refractivity contribution is 5.59. The lowest BCUT2D eigenvalue weighted by atomic mass is 9.97. The molecule has 0 saturated carbocycles. The molecular formula is C10H18N2. The van der Waals surface area contributed by atoms with Crippen molar-refractivity contribution in [1.82, 2.24) is 5.32 Å². The number of aliphatic imine (C=N–C) groups is 1. The zero-order valence-electron chi connectivity index (χ0n) is 7.63. The number of hydrogen-bond acceptors (Lipinski definition) is 2. The van der Waals surface area contributed by atoms with Crippen molar-refractivity contribution in [3.05, 3.63) is 0 Å². The SMILES string of the molecule is C1=N[C@H](C[C@H]2CCCCN2)CC1. The summed E-state index contributed by atoms with van der Waals surface area (Å²) in [5.41, 5.74) is 0. The van der Waals surface area contributed by atoms with Gasteiger partial charge < -0.3 is 5.32 Å². The average Bonchev–Trinajstić information content (AvgIpc) is 2.59. The van der Waals surface area contributed by atoms with Crippen LogP contribution >= 0.6 is 0 Å². The van der Waals surface area contributed by atoms with Gasteiger partial charge in [-0.1, -0.05) is 6.42 Å². The molecule has 0 aromatic carbocycles. The van der Waals surface area contributed by atoms with Crippen LogP contribution in [0.5, 0.6) is 0 Å². The summed E-state index contributed by atoms with van der Waals surface area (Å²) < 4.78 is 0. The third-order valence-corrected chi connectivity index (χ3v) is 2.91. The molecule has 1 saturated heterocycles. The highest BCUT2D eigenvalue weighted by atomic mass is 14.9. The van der Waals surface area contributed by atoms with Crippen LogP contribution in [0.1, 0.15) is 38.5 Å². The summed E-state index contributed by atoms with van der Waals surface area (Å²) in [6, 6.07) is 1.40. The van der Waals surface area contributed by atoms with Crippen LogP contribution in [0.15, 0.2) is 4.99 Å². The third-order valence-electron chi connectivity index (χ3n) is 2.91. The largest absolute Gasteiger partial charge is 0.314 e. The average molecular weight is 166 g/mol. The second-order valence-corrected chi connectivity index (χ2v) is 3.95. The zero-order chi connectivity index (χ0) is 8.23. The van der Waals surface area contributed by atoms with Gasteiger partial charge in [0.1, 0.15) is 0 Å². The summed E-state index contributed by atoms with van der Waals surface area (Å²) in [4.78, 5) is 4.46. The molecule has 0 bridgehead atoms. The minimum absolute atomic E-state index is 0.639. The maximum Gasteiger partial charge on any atom is 0.0514 e. The van der Waals surface area contributed by atoms with Gasteiger partial charge in [0.15, 0.2) is 0 Å². The predicted molar refractivity (Wildman–Crippen MR) is 51.8 cm³/mol. The molecule has 2 rings (SSSR count). The highest BCUT2D eigenvalue weighted by Crippen LogP contribution is 2.18. The molecule has 2 aliphatic rings. The standard InChI is InChI=1S/C10H18N2/c1-2-6-11-9(4-1)8-10-5-3-7-12-10/h7,9-11H,1-6,8H2/t9-,10+/m1/s1. The number of piperidine rings is 1. The number of hydrogen-bond donors (Lipinski definition) is 1. The Morgan fingerprint density at radius 2 is 2.33 bits per heavy atom. The van der Waals surface area contributed by atoms with Gasteiger partial charge in [-0.3, -0.25) is 4.99 Å². The van der Waals surface area contributed by atoms with Crippen molar-refractivity contribution in [2.75, 3.05) is 6.54 Å². The number of rotatable bonds is 2. The highest BCUT2D eigenvalue weighted by Gasteiger charge is 2.18. The van der Waals surface area contributed by atoms with E-state index < -0.39 is 0 Å². The van der Waals surface area contributed by atoms with Crippen molar-refractivity contribution >= 4 is 6.21 Å². The van der Waals surface area contributed by atoms with Crippen molar-refractivity contribution in [2.45, 2.75) is 50.6 Å². The third kappa shape index (κ3) is 2.07. The van der Waals surface area contributed by atoms with Crippen LogP contribution in [-0.2, 0) is 0 Å². The Hall–Kier alpha value is -0.370. The number of nitrogens with zero attached hydrogens (tertiary/aromatic N) is 1. The summed E-state index contributed by atoms with van der Waals surface area (Å²) in [6.45, 7) is 1.22. The minimum atomic E-state index is 0.639. The quantitative estimate of drug-likeness (QED) is 0.664. The summed E-state index contributed by atoms with van der Waals surface area (Å²) in [5, 5.41) is 3.57. The maximum atomic E-state index is 4.46. The van der Waals surface area contributed by atoms with Crippen LogP contribution < -0.4 is 5.32 Å². The minimum Gasteiger partial charge on any atom is -0.314 e. The summed E-state index contributed by atoms with van der Waals surface area (Å²) in [5.74, 6) is 0. The van der Waals surface area contributed by atoms with Gasteiger partial charge in [-0.15, -0.1) is 0 Å². The first-order valence-electron chi connectivity index (χ1n) is 5.20. The first-order valence-corrected chi connectivity index (χ1v) is 5.20. The van der Waals surface area contributed by atoms with E-state index in [0.717, 1.165) is 6.04 Å². The Balaban J connectivity index is 1.73. The van der Waals surface area contributed by atoms with Crippen molar-refractivity contribution in [2.24, 2.45) is 4.99 Å². The Bertz CT molecular complexity index is 159. The first kappa shape index (κ1) is 8.24. The predicted octanol–water partition coefficient (Wildman–Crippen LogP) is 1.75. The molecule has 1 N–H and O–H groups in total. The van der Waals surface area contributed by atoms with Crippen LogP contribution in [0.25, 0.3) is 0 Å². The summed E-state index contributed by atoms with van der Waals surface area (Å²) in [7, 11) is 0. The number of nitrogens with one attached hydrogen (secondary N) is 1. The summed E-state index contributed by atoms with van der Waals surface area (Å²) >= 11 is 0. The van der Waals surface area contributed by atoms with E-state index in [1.54, 1.807) is 0 Å². The summed E-state index contributed by atoms with van der Waals surface area (Å²) in [6.07, 6.45) is 10.0. The van der Waals surface area contributed by atoms with E-state index in [2.05, 4.69) is 16.5 Å². The van der Waals surface area contributed by atoms with Crippen LogP contribution in [0.4, 0.5) is 0 Å². The Kier molecular flexibility index (Phi) is 2.77. The van der Waals surface area contributed by atoms with Gasteiger partial charge in [0, 0.05) is 6.04 Å². The van der Waals surface area contributed by atoms with Crippen LogP contribution in [0.2, 0.25) is 0 Å². The van der Waals surface area contributed by atoms with E-state index in [0.29, 0.717) is 6.04 Å². The van der Waals surface area contributed by atoms with Gasteiger partial charge >= 0.3 is 0 Å². The molecule has 0 unspecified atom stereocenters. The molecule has 2 atom stereocenters. The molecule has 0 aliphatic carbocycles. The molecule has 2 heterocycles. The van der Waals surface area contributed by atoms with E-state index in [9.17, 15) is 0 Å². The normalized spacial score (nSPS) is 35.7. The van der Waals surface area contributed by atoms with Gasteiger partial charge in [-0.05, 0) is 44.9 Å². The topological polar surface area (TPSA) is 24.4 Å². The van der Waals surface area contributed by atoms with Crippen LogP contribution in [0.3, 0.4) is 0 Å². The van der Waals surface area contributed by atoms with E-state index >= 15 is 0 Å². The molecule has 1 fully saturated rings. The molecule has 0 aromatic heterocycles. The Morgan fingerprint density at radius 3 is 3.00 bits per heavy atom. The Labute approximate surface area is 74.5 Å². The van der Waals surface area contributed by atoms with Gasteiger partial charge in [0.25, 0.3) is 0 Å². The second-order valence-electron chi connectivity index (χ2n) is 3.95. The van der Waals surface area contributed by atoms with Crippen molar-refractivity contribution in [3.8, 4) is 0 Å². The fraction of sp³-hybridized carbons (Fsp3) is 0.900. The molecule has 2 nitrogen and oxygen atoms in total. The van der Waals surface area contributed by atoms with Crippen molar-refractivity contribution in [3.63, 3.8) is 0 Å². The lowest BCUT2D eigenvalue weighted by molar-refractivity contribution is 0.360. The van der Waals surface area contributed by atoms with E-state index in [1.165, 1.54) is 45.1 Å². The molecule has 0 radical (unpaired) electrons. The van der Waals surface area contributed by atoms with Crippen molar-refractivity contribution in [1.29, 1.82) is 0 Å². The lowest BCUT2D eigenvalue weighted by Crippen LogP contribution is -2.36. The van der Waals surface area contributed by atoms with Gasteiger partial charge in [0.05, 0.1) is 6.04 Å². The van der Waals surface area contributed by atoms with E-state index in [4.69, 9.17) is 0 Å². The monoisotopic (exact) mass is 166 g/mol. The molecule has 2 heteroatoms. The second kappa shape index (κ2) is 4.04. The van der Waals surface area contributed by atoms with Gasteiger partial charge in [-0.2, -0.15) is 0 Å². The molecule has 68 valence electrons. The van der Waals surface area contributed by atoms with E-state index in [-0.39, 0.29) is 0 Å². The molecule has 0 aromatic rings. The van der Waals surface area contributed by atoms with Gasteiger partial charge in [0.2, 0.25) is 0 Å². The smallest absolute Gasteiger partial charge is 0.0514 e. The Morgan fingerprint density at radius 1 is 1.33 bits per heavy atom.